The minimum absolute atomic E-state index is 0.102. The lowest BCUT2D eigenvalue weighted by Gasteiger charge is -2.13. The summed E-state index contributed by atoms with van der Waals surface area (Å²) in [6, 6.07) is 14.1. The van der Waals surface area contributed by atoms with Crippen molar-refractivity contribution < 1.29 is 19.1 Å². The Morgan fingerprint density at radius 2 is 1.58 bits per heavy atom. The van der Waals surface area contributed by atoms with E-state index in [1.165, 1.54) is 11.8 Å². The Morgan fingerprint density at radius 1 is 1.00 bits per heavy atom. The van der Waals surface area contributed by atoms with Crippen LogP contribution in [0.2, 0.25) is 0 Å². The normalized spacial score (nSPS) is 13.1. The number of carbonyl (C=O) groups is 3. The summed E-state index contributed by atoms with van der Waals surface area (Å²) >= 11 is 4.67. The summed E-state index contributed by atoms with van der Waals surface area (Å²) < 4.78 is 6.02. The zero-order chi connectivity index (χ0) is 17.1. The van der Waals surface area contributed by atoms with Crippen LogP contribution < -0.4 is 0 Å². The van der Waals surface area contributed by atoms with Crippen molar-refractivity contribution in [3.05, 3.63) is 64.1 Å². The lowest BCUT2D eigenvalue weighted by atomic mass is 10.1. The number of esters is 1. The zero-order valence-electron chi connectivity index (χ0n) is 12.4. The number of carbonyl (C=O) groups excluding carboxylic acids is 3. The molecule has 1 aliphatic heterocycles. The van der Waals surface area contributed by atoms with Gasteiger partial charge in [-0.3, -0.25) is 14.4 Å². The number of rotatable bonds is 5. The van der Waals surface area contributed by atoms with Gasteiger partial charge >= 0.3 is 5.97 Å². The molecule has 1 aliphatic rings. The molecule has 1 heterocycles. The predicted molar refractivity (Wildman–Crippen MR) is 92.8 cm³/mol. The Hall–Kier alpha value is -2.12. The van der Waals surface area contributed by atoms with Crippen molar-refractivity contribution in [2.75, 3.05) is 12.5 Å². The van der Waals surface area contributed by atoms with Gasteiger partial charge in [0.25, 0.3) is 11.8 Å². The summed E-state index contributed by atoms with van der Waals surface area (Å²) in [6.45, 7) is -0.369. The highest BCUT2D eigenvalue weighted by atomic mass is 79.9. The number of thioether (sulfide) groups is 1. The number of nitrogens with zero attached hydrogens (tertiary/aromatic N) is 1. The molecule has 0 saturated carbocycles. The Balaban J connectivity index is 1.53. The third-order valence-electron chi connectivity index (χ3n) is 3.40. The van der Waals surface area contributed by atoms with Crippen molar-refractivity contribution in [2.24, 2.45) is 0 Å². The Labute approximate surface area is 151 Å². The fourth-order valence-electron chi connectivity index (χ4n) is 2.21. The summed E-state index contributed by atoms with van der Waals surface area (Å²) in [6.07, 6.45) is 0. The molecule has 3 rings (SSSR count). The van der Waals surface area contributed by atoms with Gasteiger partial charge in [-0.25, -0.2) is 4.90 Å². The molecule has 0 fully saturated rings. The maximum absolute atomic E-state index is 12.1. The fraction of sp³-hybridized carbons (Fsp3) is 0.118. The second-order valence-electron chi connectivity index (χ2n) is 4.97. The summed E-state index contributed by atoms with van der Waals surface area (Å²) in [5.41, 5.74) is 0.672. The smallest absolute Gasteiger partial charge is 0.318 e. The van der Waals surface area contributed by atoms with Gasteiger partial charge in [0.15, 0.2) is 6.73 Å². The van der Waals surface area contributed by atoms with E-state index >= 15 is 0 Å². The minimum Gasteiger partial charge on any atom is -0.443 e. The van der Waals surface area contributed by atoms with Gasteiger partial charge in [0.2, 0.25) is 0 Å². The second kappa shape index (κ2) is 7.19. The van der Waals surface area contributed by atoms with Crippen LogP contribution in [0, 0.1) is 0 Å². The number of amides is 2. The maximum atomic E-state index is 12.1. The third-order valence-corrected chi connectivity index (χ3v) is 4.92. The Kier molecular flexibility index (Phi) is 5.01. The van der Waals surface area contributed by atoms with Gasteiger partial charge in [-0.1, -0.05) is 28.1 Å². The first-order chi connectivity index (χ1) is 11.6. The van der Waals surface area contributed by atoms with Gasteiger partial charge in [-0.15, -0.1) is 11.8 Å². The van der Waals surface area contributed by atoms with E-state index in [1.807, 2.05) is 24.3 Å². The van der Waals surface area contributed by atoms with Crippen LogP contribution in [0.25, 0.3) is 0 Å². The molecule has 7 heteroatoms. The highest BCUT2D eigenvalue weighted by Gasteiger charge is 2.35. The molecule has 0 atom stereocenters. The third kappa shape index (κ3) is 3.52. The predicted octanol–water partition coefficient (Wildman–Crippen LogP) is 3.34. The number of hydrogen-bond acceptors (Lipinski definition) is 5. The molecular formula is C17H12BrNO4S. The fourth-order valence-corrected chi connectivity index (χ4v) is 3.17. The van der Waals surface area contributed by atoms with E-state index in [1.54, 1.807) is 24.3 Å². The first kappa shape index (κ1) is 16.7. The second-order valence-corrected chi connectivity index (χ2v) is 6.94. The molecular weight excluding hydrogens is 394 g/mol. The average Bonchev–Trinajstić information content (AvgIpc) is 2.84. The van der Waals surface area contributed by atoms with Crippen molar-refractivity contribution in [3.8, 4) is 0 Å². The standard InChI is InChI=1S/C17H12BrNO4S/c18-11-5-7-12(8-6-11)24-9-15(20)23-10-19-16(21)13-3-1-2-4-14(13)17(19)22/h1-8H,9-10H2. The van der Waals surface area contributed by atoms with E-state index < -0.39 is 17.8 Å². The van der Waals surface area contributed by atoms with E-state index in [0.29, 0.717) is 11.1 Å². The van der Waals surface area contributed by atoms with E-state index in [-0.39, 0.29) is 12.5 Å². The minimum atomic E-state index is -0.487. The van der Waals surface area contributed by atoms with Crippen molar-refractivity contribution in [3.63, 3.8) is 0 Å². The molecule has 2 aromatic carbocycles. The van der Waals surface area contributed by atoms with Crippen molar-refractivity contribution in [2.45, 2.75) is 4.90 Å². The highest BCUT2D eigenvalue weighted by molar-refractivity contribution is 9.10. The van der Waals surface area contributed by atoms with E-state index in [4.69, 9.17) is 4.74 Å². The topological polar surface area (TPSA) is 63.7 Å². The molecule has 24 heavy (non-hydrogen) atoms. The van der Waals surface area contributed by atoms with Crippen LogP contribution in [0.4, 0.5) is 0 Å². The lowest BCUT2D eigenvalue weighted by molar-refractivity contribution is -0.142. The van der Waals surface area contributed by atoms with Crippen LogP contribution in [0.15, 0.2) is 57.9 Å². The SMILES string of the molecule is O=C(CSc1ccc(Br)cc1)OCN1C(=O)c2ccccc2C1=O. The summed E-state index contributed by atoms with van der Waals surface area (Å²) in [4.78, 5) is 38.0. The lowest BCUT2D eigenvalue weighted by Crippen LogP contribution is -2.33. The molecule has 0 unspecified atom stereocenters. The molecule has 0 bridgehead atoms. The molecule has 0 saturated heterocycles. The van der Waals surface area contributed by atoms with Crippen molar-refractivity contribution in [1.29, 1.82) is 0 Å². The zero-order valence-corrected chi connectivity index (χ0v) is 14.8. The summed E-state index contributed by atoms with van der Waals surface area (Å²) in [7, 11) is 0. The number of hydrogen-bond donors (Lipinski definition) is 0. The number of fused-ring (bicyclic) bond motifs is 1. The molecule has 0 aromatic heterocycles. The molecule has 5 nitrogen and oxygen atoms in total. The summed E-state index contributed by atoms with van der Waals surface area (Å²) in [5.74, 6) is -1.27. The number of benzene rings is 2. The average molecular weight is 406 g/mol. The van der Waals surface area contributed by atoms with Crippen LogP contribution in [-0.4, -0.2) is 35.2 Å². The molecule has 2 aromatic rings. The first-order valence-corrected chi connectivity index (χ1v) is 8.83. The molecule has 0 N–H and O–H groups in total. The van der Waals surface area contributed by atoms with Crippen LogP contribution in [-0.2, 0) is 9.53 Å². The quantitative estimate of drug-likeness (QED) is 0.433. The van der Waals surface area contributed by atoms with Crippen LogP contribution in [0.5, 0.6) is 0 Å². The van der Waals surface area contributed by atoms with Gasteiger partial charge in [0, 0.05) is 9.37 Å². The molecule has 2 amide bonds. The number of halogens is 1. The molecule has 0 spiro atoms. The van der Waals surface area contributed by atoms with Gasteiger partial charge in [0.05, 0.1) is 16.9 Å². The summed E-state index contributed by atoms with van der Waals surface area (Å²) in [5, 5.41) is 0. The Bertz CT molecular complexity index is 771. The maximum Gasteiger partial charge on any atom is 0.318 e. The van der Waals surface area contributed by atoms with Gasteiger partial charge < -0.3 is 4.74 Å². The van der Waals surface area contributed by atoms with E-state index in [0.717, 1.165) is 14.3 Å². The molecule has 0 radical (unpaired) electrons. The molecule has 0 aliphatic carbocycles. The largest absolute Gasteiger partial charge is 0.443 e. The van der Waals surface area contributed by atoms with E-state index in [2.05, 4.69) is 15.9 Å². The monoisotopic (exact) mass is 405 g/mol. The molecule has 122 valence electrons. The Morgan fingerprint density at radius 3 is 2.17 bits per heavy atom. The van der Waals surface area contributed by atoms with Crippen molar-refractivity contribution >= 4 is 45.5 Å². The van der Waals surface area contributed by atoms with Crippen LogP contribution in [0.1, 0.15) is 20.7 Å². The van der Waals surface area contributed by atoms with Gasteiger partial charge in [0.1, 0.15) is 0 Å². The van der Waals surface area contributed by atoms with Gasteiger partial charge in [-0.2, -0.15) is 0 Å². The van der Waals surface area contributed by atoms with Crippen LogP contribution >= 0.6 is 27.7 Å². The van der Waals surface area contributed by atoms with E-state index in [9.17, 15) is 14.4 Å². The van der Waals surface area contributed by atoms with Crippen LogP contribution in [0.3, 0.4) is 0 Å². The number of imide groups is 1. The highest BCUT2D eigenvalue weighted by Crippen LogP contribution is 2.23. The number of ether oxygens (including phenoxy) is 1. The first-order valence-electron chi connectivity index (χ1n) is 7.05. The van der Waals surface area contributed by atoms with Crippen molar-refractivity contribution in [1.82, 2.24) is 4.90 Å². The van der Waals surface area contributed by atoms with Gasteiger partial charge in [-0.05, 0) is 36.4 Å².